The van der Waals surface area contributed by atoms with E-state index in [0.717, 1.165) is 42.5 Å². The molecule has 0 aliphatic heterocycles. The van der Waals surface area contributed by atoms with E-state index in [2.05, 4.69) is 37.4 Å². The molecular formula is C42H31F3N8O7S3. The number of anilines is 6. The van der Waals surface area contributed by atoms with E-state index in [-0.39, 0.29) is 32.4 Å². The number of hydrogen-bond acceptors (Lipinski definition) is 10. The van der Waals surface area contributed by atoms with Gasteiger partial charge in [-0.1, -0.05) is 66.7 Å². The number of thiol groups is 1. The van der Waals surface area contributed by atoms with Crippen molar-refractivity contribution in [2.75, 3.05) is 30.1 Å². The van der Waals surface area contributed by atoms with Crippen molar-refractivity contribution in [2.45, 2.75) is 21.9 Å². The zero-order valence-corrected chi connectivity index (χ0v) is 34.6. The number of urea groups is 2. The van der Waals surface area contributed by atoms with Crippen LogP contribution in [0.4, 0.5) is 56.9 Å². The van der Waals surface area contributed by atoms with Gasteiger partial charge in [0.15, 0.2) is 5.75 Å². The number of carbonyl (C=O) groups excluding carboxylic acids is 2. The SMILES string of the molecule is N#Cc1ccc(N(C(=O)Nc2ccccc2CS)N(C(=O)Nc2ccccc2OC(F)(F)F)c2ccc(C#N)cc2NS(=O)(=O)c2ccccc2)c(NS(=O)(=O)c2ccccc2)c1. The van der Waals surface area contributed by atoms with Crippen LogP contribution >= 0.6 is 12.6 Å². The van der Waals surface area contributed by atoms with Crippen molar-refractivity contribution in [1.82, 2.24) is 0 Å². The van der Waals surface area contributed by atoms with Gasteiger partial charge in [-0.25, -0.2) is 26.4 Å². The average molecular weight is 913 g/mol. The van der Waals surface area contributed by atoms with Crippen LogP contribution in [-0.4, -0.2) is 35.3 Å². The number of carbonyl (C=O) groups is 2. The van der Waals surface area contributed by atoms with Crippen LogP contribution in [0.3, 0.4) is 0 Å². The molecule has 6 aromatic rings. The Kier molecular flexibility index (Phi) is 13.5. The fraction of sp³-hybridized carbons (Fsp3) is 0.0476. The van der Waals surface area contributed by atoms with Crippen molar-refractivity contribution in [3.8, 4) is 17.9 Å². The molecule has 6 rings (SSSR count). The van der Waals surface area contributed by atoms with Gasteiger partial charge in [0, 0.05) is 11.4 Å². The summed E-state index contributed by atoms with van der Waals surface area (Å²) in [5.41, 5.74) is -2.27. The number of para-hydroxylation sites is 3. The molecule has 0 fully saturated rings. The van der Waals surface area contributed by atoms with Crippen LogP contribution in [0.25, 0.3) is 0 Å². The Balaban J connectivity index is 1.65. The van der Waals surface area contributed by atoms with Gasteiger partial charge in [0.1, 0.15) is 0 Å². The summed E-state index contributed by atoms with van der Waals surface area (Å²) >= 11 is 4.34. The summed E-state index contributed by atoms with van der Waals surface area (Å²) < 4.78 is 105. The van der Waals surface area contributed by atoms with Gasteiger partial charge in [-0.05, 0) is 84.4 Å². The van der Waals surface area contributed by atoms with Crippen molar-refractivity contribution in [2.24, 2.45) is 0 Å². The fourth-order valence-corrected chi connectivity index (χ4v) is 8.32. The lowest BCUT2D eigenvalue weighted by Gasteiger charge is -2.37. The van der Waals surface area contributed by atoms with Gasteiger partial charge in [0.2, 0.25) is 0 Å². The first-order valence-electron chi connectivity index (χ1n) is 18.0. The first kappa shape index (κ1) is 44.8. The number of rotatable bonds is 12. The quantitative estimate of drug-likeness (QED) is 0.0584. The van der Waals surface area contributed by atoms with Crippen LogP contribution in [-0.2, 0) is 25.8 Å². The number of halogens is 3. The number of nitrogens with one attached hydrogen (secondary N) is 4. The minimum absolute atomic E-state index is 0.0800. The predicted octanol–water partition coefficient (Wildman–Crippen LogP) is 9.05. The van der Waals surface area contributed by atoms with E-state index in [4.69, 9.17) is 0 Å². The first-order valence-corrected chi connectivity index (χ1v) is 21.6. The van der Waals surface area contributed by atoms with Crippen molar-refractivity contribution >= 4 is 78.9 Å². The monoisotopic (exact) mass is 912 g/mol. The van der Waals surface area contributed by atoms with Crippen LogP contribution in [0.5, 0.6) is 5.75 Å². The Morgan fingerprint density at radius 2 is 1.00 bits per heavy atom. The summed E-state index contributed by atoms with van der Waals surface area (Å²) in [5, 5.41) is 25.8. The van der Waals surface area contributed by atoms with Gasteiger partial charge >= 0.3 is 18.4 Å². The van der Waals surface area contributed by atoms with Crippen molar-refractivity contribution in [3.63, 3.8) is 0 Å². The molecule has 63 heavy (non-hydrogen) atoms. The van der Waals surface area contributed by atoms with Crippen LogP contribution < -0.4 is 34.8 Å². The number of amides is 4. The molecule has 4 N–H and O–H groups in total. The Morgan fingerprint density at radius 1 is 0.587 bits per heavy atom. The molecular weight excluding hydrogens is 882 g/mol. The maximum Gasteiger partial charge on any atom is 0.573 e. The second-order valence-electron chi connectivity index (χ2n) is 12.9. The molecule has 320 valence electrons. The number of benzene rings is 6. The Labute approximate surface area is 364 Å². The molecule has 0 saturated carbocycles. The summed E-state index contributed by atoms with van der Waals surface area (Å²) in [6.45, 7) is 0. The number of hydrazine groups is 1. The van der Waals surface area contributed by atoms with Crippen LogP contribution in [0.1, 0.15) is 16.7 Å². The first-order chi connectivity index (χ1) is 30.0. The Morgan fingerprint density at radius 3 is 1.44 bits per heavy atom. The number of sulfonamides is 2. The van der Waals surface area contributed by atoms with Crippen LogP contribution in [0, 0.1) is 22.7 Å². The van der Waals surface area contributed by atoms with E-state index >= 15 is 9.59 Å². The molecule has 21 heteroatoms. The van der Waals surface area contributed by atoms with Gasteiger partial charge in [-0.2, -0.15) is 33.2 Å². The van der Waals surface area contributed by atoms with Gasteiger partial charge in [-0.3, -0.25) is 9.44 Å². The largest absolute Gasteiger partial charge is 0.573 e. The van der Waals surface area contributed by atoms with E-state index in [1.165, 1.54) is 72.8 Å². The molecule has 4 amide bonds. The van der Waals surface area contributed by atoms with E-state index in [1.807, 2.05) is 12.1 Å². The van der Waals surface area contributed by atoms with E-state index in [9.17, 15) is 40.5 Å². The number of alkyl halides is 3. The highest BCUT2D eigenvalue weighted by molar-refractivity contribution is 7.93. The summed E-state index contributed by atoms with van der Waals surface area (Å²) in [7, 11) is -9.11. The molecule has 0 unspecified atom stereocenters. The highest BCUT2D eigenvalue weighted by Crippen LogP contribution is 2.39. The lowest BCUT2D eigenvalue weighted by Crippen LogP contribution is -2.54. The van der Waals surface area contributed by atoms with Crippen LogP contribution in [0.2, 0.25) is 0 Å². The van der Waals surface area contributed by atoms with Gasteiger partial charge in [-0.15, -0.1) is 13.2 Å². The molecule has 0 spiro atoms. The molecule has 0 radical (unpaired) electrons. The standard InChI is InChI=1S/C42H31F3N8O7S3/c43-42(44,45)60-39-18-10-9-17-34(39)49-41(55)53(38-22-20-29(26-47)24-36(38)51-63(58,59)32-14-5-2-6-15-32)52(40(54)48-33-16-8-7-11-30(33)27-61)37-21-19-28(25-46)23-35(37)50-62(56,57)31-12-3-1-4-13-31/h1-24,50-51,61H,27H2,(H,48,54)(H,49,55). The van der Waals surface area contributed by atoms with E-state index in [1.54, 1.807) is 30.3 Å². The molecule has 0 bridgehead atoms. The Hall–Kier alpha value is -7.72. The summed E-state index contributed by atoms with van der Waals surface area (Å²) in [6.07, 6.45) is -5.24. The van der Waals surface area contributed by atoms with Crippen LogP contribution in [0.15, 0.2) is 155 Å². The number of ether oxygens (including phenoxy) is 1. The molecule has 0 atom stereocenters. The van der Waals surface area contributed by atoms with Gasteiger partial charge in [0.05, 0.1) is 61.5 Å². The number of hydrogen-bond donors (Lipinski definition) is 5. The minimum atomic E-state index is -5.24. The highest BCUT2D eigenvalue weighted by atomic mass is 32.2. The second kappa shape index (κ2) is 18.9. The zero-order chi connectivity index (χ0) is 45.4. The van der Waals surface area contributed by atoms with Crippen molar-refractivity contribution < 1.29 is 44.3 Å². The lowest BCUT2D eigenvalue weighted by molar-refractivity contribution is -0.274. The number of nitriles is 2. The number of nitrogens with zero attached hydrogens (tertiary/aromatic N) is 4. The maximum absolute atomic E-state index is 15.1. The third-order valence-corrected chi connectivity index (χ3v) is 11.8. The lowest BCUT2D eigenvalue weighted by atomic mass is 10.1. The average Bonchev–Trinajstić information content (AvgIpc) is 3.26. The molecule has 6 aromatic carbocycles. The van der Waals surface area contributed by atoms with Gasteiger partial charge in [0.25, 0.3) is 20.0 Å². The zero-order valence-electron chi connectivity index (χ0n) is 32.1. The Bertz CT molecular complexity index is 2990. The van der Waals surface area contributed by atoms with E-state index in [0.29, 0.717) is 15.6 Å². The summed E-state index contributed by atoms with van der Waals surface area (Å²) in [6, 6.07) is 32.2. The third kappa shape index (κ3) is 10.8. The third-order valence-electron chi connectivity index (χ3n) is 8.67. The summed E-state index contributed by atoms with van der Waals surface area (Å²) in [5.74, 6) is -0.812. The molecule has 0 aliphatic carbocycles. The predicted molar refractivity (Wildman–Crippen MR) is 232 cm³/mol. The fourth-order valence-electron chi connectivity index (χ4n) is 5.87. The topological polar surface area (TPSA) is 214 Å². The van der Waals surface area contributed by atoms with Gasteiger partial charge < -0.3 is 15.4 Å². The molecule has 0 heterocycles. The van der Waals surface area contributed by atoms with Crippen molar-refractivity contribution in [3.05, 3.63) is 162 Å². The molecule has 0 aromatic heterocycles. The molecule has 15 nitrogen and oxygen atoms in total. The smallest absolute Gasteiger partial charge is 0.404 e. The normalized spacial score (nSPS) is 11.3. The summed E-state index contributed by atoms with van der Waals surface area (Å²) in [4.78, 5) is 29.6. The van der Waals surface area contributed by atoms with Crippen molar-refractivity contribution in [1.29, 1.82) is 10.5 Å². The molecule has 0 saturated heterocycles. The second-order valence-corrected chi connectivity index (χ2v) is 16.5. The highest BCUT2D eigenvalue weighted by Gasteiger charge is 2.37. The minimum Gasteiger partial charge on any atom is -0.404 e. The maximum atomic E-state index is 15.1. The van der Waals surface area contributed by atoms with E-state index < -0.39 is 72.7 Å². The molecule has 0 aliphatic rings.